The van der Waals surface area contributed by atoms with Crippen molar-refractivity contribution in [3.05, 3.63) is 23.7 Å². The highest BCUT2D eigenvalue weighted by Gasteiger charge is 2.11. The molecular formula is C11H16O4. The number of furan rings is 1. The molecule has 1 rings (SSSR count). The number of carbonyl (C=O) groups is 1. The zero-order valence-corrected chi connectivity index (χ0v) is 9.19. The minimum atomic E-state index is -1.06. The van der Waals surface area contributed by atoms with Gasteiger partial charge in [-0.3, -0.25) is 0 Å². The van der Waals surface area contributed by atoms with Gasteiger partial charge in [0.2, 0.25) is 5.76 Å². The Labute approximate surface area is 88.8 Å². The van der Waals surface area contributed by atoms with Crippen molar-refractivity contribution in [2.75, 3.05) is 0 Å². The summed E-state index contributed by atoms with van der Waals surface area (Å²) in [6.45, 7) is 6.42. The molecule has 0 aliphatic carbocycles. The number of hydrogen-bond acceptors (Lipinski definition) is 3. The number of carboxylic acid groups (broad SMARTS) is 1. The van der Waals surface area contributed by atoms with Gasteiger partial charge in [0, 0.05) is 0 Å². The van der Waals surface area contributed by atoms with E-state index in [1.807, 2.05) is 6.92 Å². The molecular weight excluding hydrogens is 196 g/mol. The van der Waals surface area contributed by atoms with E-state index in [2.05, 4.69) is 13.8 Å². The third kappa shape index (κ3) is 3.40. The fraction of sp³-hybridized carbons (Fsp3) is 0.545. The molecule has 0 saturated heterocycles. The first-order valence-electron chi connectivity index (χ1n) is 4.94. The molecule has 0 saturated carbocycles. The van der Waals surface area contributed by atoms with E-state index in [9.17, 15) is 4.79 Å². The van der Waals surface area contributed by atoms with Gasteiger partial charge >= 0.3 is 5.97 Å². The van der Waals surface area contributed by atoms with Crippen LogP contribution in [0.5, 0.6) is 0 Å². The lowest BCUT2D eigenvalue weighted by Gasteiger charge is -2.15. The maximum absolute atomic E-state index is 10.5. The minimum Gasteiger partial charge on any atom is -0.475 e. The highest BCUT2D eigenvalue weighted by atomic mass is 16.5. The summed E-state index contributed by atoms with van der Waals surface area (Å²) in [5, 5.41) is 8.63. The second-order valence-corrected chi connectivity index (χ2v) is 3.83. The van der Waals surface area contributed by atoms with Crippen LogP contribution in [-0.2, 0) is 11.3 Å². The Hall–Kier alpha value is -1.29. The molecule has 4 heteroatoms. The standard InChI is InChI=1S/C11H16O4/c1-7(2)8(3)14-6-9-4-5-10(15-9)11(12)13/h4-5,7-8H,6H2,1-3H3,(H,12,13). The van der Waals surface area contributed by atoms with Crippen LogP contribution in [0.3, 0.4) is 0 Å². The topological polar surface area (TPSA) is 59.7 Å². The Bertz CT molecular complexity index is 327. The van der Waals surface area contributed by atoms with Gasteiger partial charge in [0.15, 0.2) is 0 Å². The molecule has 0 aliphatic heterocycles. The molecule has 0 spiro atoms. The van der Waals surface area contributed by atoms with Crippen LogP contribution in [0.25, 0.3) is 0 Å². The lowest BCUT2D eigenvalue weighted by Crippen LogP contribution is -2.14. The van der Waals surface area contributed by atoms with Gasteiger partial charge in [-0.25, -0.2) is 4.79 Å². The molecule has 1 aromatic rings. The van der Waals surface area contributed by atoms with Gasteiger partial charge in [0.25, 0.3) is 0 Å². The van der Waals surface area contributed by atoms with E-state index in [1.165, 1.54) is 6.07 Å². The zero-order valence-electron chi connectivity index (χ0n) is 9.19. The Balaban J connectivity index is 2.48. The summed E-state index contributed by atoms with van der Waals surface area (Å²) in [4.78, 5) is 10.5. The van der Waals surface area contributed by atoms with Gasteiger partial charge in [0.1, 0.15) is 12.4 Å². The lowest BCUT2D eigenvalue weighted by molar-refractivity contribution is 0.0142. The van der Waals surface area contributed by atoms with Gasteiger partial charge in [-0.15, -0.1) is 0 Å². The van der Waals surface area contributed by atoms with Gasteiger partial charge in [-0.1, -0.05) is 13.8 Å². The smallest absolute Gasteiger partial charge is 0.371 e. The summed E-state index contributed by atoms with van der Waals surface area (Å²) >= 11 is 0. The van der Waals surface area contributed by atoms with E-state index in [-0.39, 0.29) is 11.9 Å². The van der Waals surface area contributed by atoms with Crippen molar-refractivity contribution in [3.63, 3.8) is 0 Å². The Kier molecular flexibility index (Phi) is 3.91. The first-order chi connectivity index (χ1) is 7.00. The van der Waals surface area contributed by atoms with Crippen LogP contribution in [0.4, 0.5) is 0 Å². The number of rotatable bonds is 5. The van der Waals surface area contributed by atoms with Gasteiger partial charge < -0.3 is 14.3 Å². The summed E-state index contributed by atoms with van der Waals surface area (Å²) in [6, 6.07) is 3.05. The molecule has 1 aromatic heterocycles. The van der Waals surface area contributed by atoms with Crippen LogP contribution in [-0.4, -0.2) is 17.2 Å². The Morgan fingerprint density at radius 1 is 1.47 bits per heavy atom. The highest BCUT2D eigenvalue weighted by Crippen LogP contribution is 2.12. The quantitative estimate of drug-likeness (QED) is 0.814. The van der Waals surface area contributed by atoms with E-state index >= 15 is 0 Å². The van der Waals surface area contributed by atoms with E-state index in [0.29, 0.717) is 18.3 Å². The molecule has 0 aromatic carbocycles. The minimum absolute atomic E-state index is 0.0502. The summed E-state index contributed by atoms with van der Waals surface area (Å²) in [5.74, 6) is -0.136. The van der Waals surface area contributed by atoms with Crippen molar-refractivity contribution in [2.24, 2.45) is 5.92 Å². The molecule has 1 unspecified atom stereocenters. The van der Waals surface area contributed by atoms with Crippen LogP contribution >= 0.6 is 0 Å². The molecule has 0 fully saturated rings. The third-order valence-electron chi connectivity index (χ3n) is 2.30. The first kappa shape index (κ1) is 11.8. The first-order valence-corrected chi connectivity index (χ1v) is 4.94. The normalized spacial score (nSPS) is 13.1. The molecule has 0 amide bonds. The molecule has 4 nitrogen and oxygen atoms in total. The molecule has 1 heterocycles. The summed E-state index contributed by atoms with van der Waals surface area (Å²) < 4.78 is 10.5. The van der Waals surface area contributed by atoms with Gasteiger partial charge in [-0.2, -0.15) is 0 Å². The van der Waals surface area contributed by atoms with Crippen molar-refractivity contribution >= 4 is 5.97 Å². The Morgan fingerprint density at radius 3 is 2.60 bits per heavy atom. The highest BCUT2D eigenvalue weighted by molar-refractivity contribution is 5.84. The van der Waals surface area contributed by atoms with Crippen molar-refractivity contribution in [2.45, 2.75) is 33.5 Å². The molecule has 1 N–H and O–H groups in total. The van der Waals surface area contributed by atoms with Crippen LogP contribution in [0.1, 0.15) is 37.1 Å². The molecule has 0 bridgehead atoms. The van der Waals surface area contributed by atoms with Crippen molar-refractivity contribution < 1.29 is 19.1 Å². The number of carboxylic acids is 1. The zero-order chi connectivity index (χ0) is 11.4. The molecule has 1 atom stereocenters. The monoisotopic (exact) mass is 212 g/mol. The molecule has 15 heavy (non-hydrogen) atoms. The SMILES string of the molecule is CC(C)C(C)OCc1ccc(C(=O)O)o1. The van der Waals surface area contributed by atoms with Crippen LogP contribution in [0.2, 0.25) is 0 Å². The Morgan fingerprint density at radius 2 is 2.13 bits per heavy atom. The third-order valence-corrected chi connectivity index (χ3v) is 2.30. The average molecular weight is 212 g/mol. The van der Waals surface area contributed by atoms with E-state index < -0.39 is 5.97 Å². The maximum atomic E-state index is 10.5. The van der Waals surface area contributed by atoms with E-state index in [4.69, 9.17) is 14.3 Å². The molecule has 0 radical (unpaired) electrons. The average Bonchev–Trinajstić information content (AvgIpc) is 2.62. The van der Waals surface area contributed by atoms with E-state index in [0.717, 1.165) is 0 Å². The maximum Gasteiger partial charge on any atom is 0.371 e. The second kappa shape index (κ2) is 4.98. The van der Waals surface area contributed by atoms with Crippen LogP contribution in [0, 0.1) is 5.92 Å². The van der Waals surface area contributed by atoms with E-state index in [1.54, 1.807) is 6.07 Å². The second-order valence-electron chi connectivity index (χ2n) is 3.83. The number of hydrogen-bond donors (Lipinski definition) is 1. The fourth-order valence-electron chi connectivity index (χ4n) is 0.976. The van der Waals surface area contributed by atoms with Crippen molar-refractivity contribution in [1.29, 1.82) is 0 Å². The van der Waals surface area contributed by atoms with Gasteiger partial charge in [0.05, 0.1) is 6.10 Å². The number of ether oxygens (including phenoxy) is 1. The molecule has 84 valence electrons. The predicted octanol–water partition coefficient (Wildman–Crippen LogP) is 2.54. The lowest BCUT2D eigenvalue weighted by atomic mass is 10.1. The fourth-order valence-corrected chi connectivity index (χ4v) is 0.976. The summed E-state index contributed by atoms with van der Waals surface area (Å²) in [6.07, 6.45) is 0.128. The largest absolute Gasteiger partial charge is 0.475 e. The van der Waals surface area contributed by atoms with Crippen LogP contribution in [0.15, 0.2) is 16.5 Å². The van der Waals surface area contributed by atoms with Crippen molar-refractivity contribution in [3.8, 4) is 0 Å². The molecule has 0 aliphatic rings. The summed E-state index contributed by atoms with van der Waals surface area (Å²) in [5.41, 5.74) is 0. The predicted molar refractivity (Wildman–Crippen MR) is 54.8 cm³/mol. The summed E-state index contributed by atoms with van der Waals surface area (Å²) in [7, 11) is 0. The number of aromatic carboxylic acids is 1. The van der Waals surface area contributed by atoms with Crippen molar-refractivity contribution in [1.82, 2.24) is 0 Å². The van der Waals surface area contributed by atoms with Gasteiger partial charge in [-0.05, 0) is 25.0 Å². The van der Waals surface area contributed by atoms with Crippen LogP contribution < -0.4 is 0 Å².